The largest absolute Gasteiger partial charge is 0.465 e. The van der Waals surface area contributed by atoms with E-state index in [1.807, 2.05) is 0 Å². The monoisotopic (exact) mass is 241 g/mol. The minimum atomic E-state index is -0.417. The van der Waals surface area contributed by atoms with Gasteiger partial charge in [-0.05, 0) is 24.3 Å². The fourth-order valence-electron chi connectivity index (χ4n) is 1.23. The SMILES string of the molecule is CCOC(=O)CN(CC)C(=O)Cn1cnnn1. The smallest absolute Gasteiger partial charge is 0.325 e. The van der Waals surface area contributed by atoms with Crippen molar-refractivity contribution in [3.8, 4) is 0 Å². The molecule has 1 aromatic heterocycles. The van der Waals surface area contributed by atoms with Crippen molar-refractivity contribution in [2.75, 3.05) is 19.7 Å². The first-order chi connectivity index (χ1) is 8.17. The average molecular weight is 241 g/mol. The van der Waals surface area contributed by atoms with Crippen molar-refractivity contribution in [1.29, 1.82) is 0 Å². The molecule has 0 aliphatic heterocycles. The fraction of sp³-hybridized carbons (Fsp3) is 0.667. The molecule has 0 aromatic carbocycles. The average Bonchev–Trinajstić information content (AvgIpc) is 2.78. The highest BCUT2D eigenvalue weighted by Gasteiger charge is 2.16. The van der Waals surface area contributed by atoms with Gasteiger partial charge in [0, 0.05) is 6.54 Å². The van der Waals surface area contributed by atoms with Gasteiger partial charge in [0.25, 0.3) is 0 Å². The van der Waals surface area contributed by atoms with E-state index in [1.165, 1.54) is 15.9 Å². The van der Waals surface area contributed by atoms with Crippen LogP contribution in [0.25, 0.3) is 0 Å². The third-order valence-electron chi connectivity index (χ3n) is 2.05. The zero-order valence-electron chi connectivity index (χ0n) is 9.87. The predicted molar refractivity (Wildman–Crippen MR) is 56.7 cm³/mol. The Balaban J connectivity index is 2.49. The molecule has 0 N–H and O–H groups in total. The number of amides is 1. The second kappa shape index (κ2) is 6.56. The van der Waals surface area contributed by atoms with E-state index in [-0.39, 0.29) is 19.0 Å². The Morgan fingerprint density at radius 3 is 2.71 bits per heavy atom. The molecule has 1 rings (SSSR count). The van der Waals surface area contributed by atoms with Gasteiger partial charge in [-0.2, -0.15) is 0 Å². The van der Waals surface area contributed by atoms with Crippen LogP contribution in [-0.4, -0.2) is 56.7 Å². The molecular weight excluding hydrogens is 226 g/mol. The maximum atomic E-state index is 11.8. The highest BCUT2D eigenvalue weighted by atomic mass is 16.5. The van der Waals surface area contributed by atoms with Gasteiger partial charge >= 0.3 is 5.97 Å². The van der Waals surface area contributed by atoms with Crippen LogP contribution in [0.2, 0.25) is 0 Å². The summed E-state index contributed by atoms with van der Waals surface area (Å²) in [5.74, 6) is -0.646. The summed E-state index contributed by atoms with van der Waals surface area (Å²) in [4.78, 5) is 24.4. The number of hydrogen-bond donors (Lipinski definition) is 0. The number of likely N-dealkylation sites (N-methyl/N-ethyl adjacent to an activating group) is 1. The van der Waals surface area contributed by atoms with Crippen LogP contribution in [0.3, 0.4) is 0 Å². The van der Waals surface area contributed by atoms with Crippen molar-refractivity contribution in [3.05, 3.63) is 6.33 Å². The van der Waals surface area contributed by atoms with Crippen LogP contribution in [0, 0.1) is 0 Å². The zero-order valence-corrected chi connectivity index (χ0v) is 9.87. The van der Waals surface area contributed by atoms with Crippen LogP contribution in [0.4, 0.5) is 0 Å². The molecule has 17 heavy (non-hydrogen) atoms. The van der Waals surface area contributed by atoms with Gasteiger partial charge in [0.05, 0.1) is 6.61 Å². The summed E-state index contributed by atoms with van der Waals surface area (Å²) < 4.78 is 6.08. The summed E-state index contributed by atoms with van der Waals surface area (Å²) in [6, 6.07) is 0. The summed E-state index contributed by atoms with van der Waals surface area (Å²) in [6.07, 6.45) is 1.34. The standard InChI is InChI=1S/C9H15N5O3/c1-3-13(6-9(16)17-4-2)8(15)5-14-7-10-11-12-14/h7H,3-6H2,1-2H3. The van der Waals surface area contributed by atoms with Crippen LogP contribution < -0.4 is 0 Å². The molecule has 0 fully saturated rings. The molecule has 0 unspecified atom stereocenters. The summed E-state index contributed by atoms with van der Waals surface area (Å²) in [5, 5.41) is 10.4. The lowest BCUT2D eigenvalue weighted by molar-refractivity contribution is -0.149. The lowest BCUT2D eigenvalue weighted by atomic mass is 10.4. The minimum absolute atomic E-state index is 0.0141. The normalized spacial score (nSPS) is 10.0. The van der Waals surface area contributed by atoms with Crippen LogP contribution >= 0.6 is 0 Å². The second-order valence-electron chi connectivity index (χ2n) is 3.22. The van der Waals surface area contributed by atoms with E-state index in [0.29, 0.717) is 13.2 Å². The van der Waals surface area contributed by atoms with Crippen molar-refractivity contribution in [2.24, 2.45) is 0 Å². The molecule has 94 valence electrons. The van der Waals surface area contributed by atoms with E-state index in [4.69, 9.17) is 4.74 Å². The molecule has 0 aliphatic carbocycles. The molecule has 0 bridgehead atoms. The van der Waals surface area contributed by atoms with E-state index >= 15 is 0 Å². The first-order valence-electron chi connectivity index (χ1n) is 5.31. The molecule has 1 aromatic rings. The summed E-state index contributed by atoms with van der Waals surface area (Å²) >= 11 is 0. The van der Waals surface area contributed by atoms with Crippen molar-refractivity contribution in [1.82, 2.24) is 25.1 Å². The fourth-order valence-corrected chi connectivity index (χ4v) is 1.23. The lowest BCUT2D eigenvalue weighted by Crippen LogP contribution is -2.38. The van der Waals surface area contributed by atoms with Gasteiger partial charge in [-0.1, -0.05) is 0 Å². The maximum Gasteiger partial charge on any atom is 0.325 e. The quantitative estimate of drug-likeness (QED) is 0.598. The van der Waals surface area contributed by atoms with Gasteiger partial charge in [-0.3, -0.25) is 9.59 Å². The Hall–Kier alpha value is -1.99. The molecule has 8 nitrogen and oxygen atoms in total. The maximum absolute atomic E-state index is 11.8. The van der Waals surface area contributed by atoms with Crippen molar-refractivity contribution < 1.29 is 14.3 Å². The number of tetrazole rings is 1. The number of aromatic nitrogens is 4. The Labute approximate surface area is 98.5 Å². The lowest BCUT2D eigenvalue weighted by Gasteiger charge is -2.19. The van der Waals surface area contributed by atoms with Gasteiger partial charge < -0.3 is 9.64 Å². The second-order valence-corrected chi connectivity index (χ2v) is 3.22. The van der Waals surface area contributed by atoms with Crippen molar-refractivity contribution in [3.63, 3.8) is 0 Å². The molecule has 1 heterocycles. The Morgan fingerprint density at radius 1 is 1.41 bits per heavy atom. The van der Waals surface area contributed by atoms with E-state index in [0.717, 1.165) is 0 Å². The number of esters is 1. The van der Waals surface area contributed by atoms with E-state index in [9.17, 15) is 9.59 Å². The third-order valence-corrected chi connectivity index (χ3v) is 2.05. The summed E-state index contributed by atoms with van der Waals surface area (Å²) in [5.41, 5.74) is 0. The molecule has 0 spiro atoms. The number of carbonyl (C=O) groups is 2. The number of ether oxygens (including phenoxy) is 1. The van der Waals surface area contributed by atoms with E-state index < -0.39 is 5.97 Å². The molecule has 0 radical (unpaired) electrons. The molecule has 1 amide bonds. The molecule has 0 saturated carbocycles. The molecule has 0 aliphatic rings. The van der Waals surface area contributed by atoms with Crippen LogP contribution in [0.15, 0.2) is 6.33 Å². The van der Waals surface area contributed by atoms with E-state index in [2.05, 4.69) is 15.5 Å². The zero-order chi connectivity index (χ0) is 12.7. The van der Waals surface area contributed by atoms with Gasteiger partial charge in [0.1, 0.15) is 19.4 Å². The van der Waals surface area contributed by atoms with Gasteiger partial charge in [0.15, 0.2) is 0 Å². The van der Waals surface area contributed by atoms with E-state index in [1.54, 1.807) is 13.8 Å². The Bertz CT molecular complexity index is 365. The summed E-state index contributed by atoms with van der Waals surface area (Å²) in [7, 11) is 0. The summed E-state index contributed by atoms with van der Waals surface area (Å²) in [6.45, 7) is 4.21. The van der Waals surface area contributed by atoms with Gasteiger partial charge in [-0.25, -0.2) is 4.68 Å². The highest BCUT2D eigenvalue weighted by molar-refractivity contribution is 5.81. The number of rotatable bonds is 6. The molecule has 8 heteroatoms. The first kappa shape index (κ1) is 13.1. The third kappa shape index (κ3) is 4.17. The number of nitrogens with zero attached hydrogens (tertiary/aromatic N) is 5. The predicted octanol–water partition coefficient (Wildman–Crippen LogP) is -0.915. The number of carbonyl (C=O) groups excluding carboxylic acids is 2. The number of hydrogen-bond acceptors (Lipinski definition) is 6. The molecule has 0 atom stereocenters. The Morgan fingerprint density at radius 2 is 2.18 bits per heavy atom. The van der Waals surface area contributed by atoms with Crippen LogP contribution in [0.1, 0.15) is 13.8 Å². The Kier molecular flexibility index (Phi) is 5.05. The highest BCUT2D eigenvalue weighted by Crippen LogP contribution is 1.94. The van der Waals surface area contributed by atoms with Crippen molar-refractivity contribution in [2.45, 2.75) is 20.4 Å². The van der Waals surface area contributed by atoms with Crippen LogP contribution in [0.5, 0.6) is 0 Å². The van der Waals surface area contributed by atoms with Crippen LogP contribution in [-0.2, 0) is 20.9 Å². The van der Waals surface area contributed by atoms with Gasteiger partial charge in [-0.15, -0.1) is 5.10 Å². The molecular formula is C9H15N5O3. The first-order valence-corrected chi connectivity index (χ1v) is 5.31. The molecule has 0 saturated heterocycles. The van der Waals surface area contributed by atoms with Gasteiger partial charge in [0.2, 0.25) is 5.91 Å². The topological polar surface area (TPSA) is 90.2 Å². The minimum Gasteiger partial charge on any atom is -0.465 e. The van der Waals surface area contributed by atoms with Crippen molar-refractivity contribution >= 4 is 11.9 Å².